The normalized spacial score (nSPS) is 10.7. The van der Waals surface area contributed by atoms with E-state index in [4.69, 9.17) is 16.3 Å². The fourth-order valence-electron chi connectivity index (χ4n) is 2.39. The van der Waals surface area contributed by atoms with E-state index in [1.54, 1.807) is 66.2 Å². The molecule has 0 bridgehead atoms. The van der Waals surface area contributed by atoms with Gasteiger partial charge >= 0.3 is 5.97 Å². The van der Waals surface area contributed by atoms with Gasteiger partial charge in [0, 0.05) is 28.5 Å². The second-order valence-corrected chi connectivity index (χ2v) is 5.43. The van der Waals surface area contributed by atoms with Crippen LogP contribution < -0.4 is 0 Å². The van der Waals surface area contributed by atoms with E-state index in [1.807, 2.05) is 0 Å². The van der Waals surface area contributed by atoms with E-state index < -0.39 is 5.97 Å². The first kappa shape index (κ1) is 15.3. The number of hydrogen-bond donors (Lipinski definition) is 0. The lowest BCUT2D eigenvalue weighted by Crippen LogP contribution is -2.06. The summed E-state index contributed by atoms with van der Waals surface area (Å²) < 4.78 is 6.80. The fraction of sp³-hybridized carbons (Fsp3) is 0.111. The van der Waals surface area contributed by atoms with E-state index >= 15 is 0 Å². The molecule has 0 radical (unpaired) electrons. The molecule has 116 valence electrons. The van der Waals surface area contributed by atoms with Crippen LogP contribution in [0.2, 0.25) is 5.02 Å². The van der Waals surface area contributed by atoms with Gasteiger partial charge in [-0.2, -0.15) is 0 Å². The first-order valence-electron chi connectivity index (χ1n) is 7.18. The maximum atomic E-state index is 12.7. The number of halogens is 1. The van der Waals surface area contributed by atoms with E-state index in [0.717, 1.165) is 0 Å². The minimum Gasteiger partial charge on any atom is -0.462 e. The zero-order chi connectivity index (χ0) is 16.4. The van der Waals surface area contributed by atoms with Gasteiger partial charge in [0.1, 0.15) is 0 Å². The predicted octanol–water partition coefficient (Wildman–Crippen LogP) is 4.00. The van der Waals surface area contributed by atoms with Crippen LogP contribution in [0, 0.1) is 0 Å². The number of hydrogen-bond acceptors (Lipinski definition) is 3. The van der Waals surface area contributed by atoms with Crippen LogP contribution in [0.25, 0.3) is 5.52 Å². The SMILES string of the molecule is CCOC(=O)c1ccn2ccc(C(=O)c3ccc(Cl)cc3)c2c1. The summed E-state index contributed by atoms with van der Waals surface area (Å²) in [5, 5.41) is 0.577. The zero-order valence-electron chi connectivity index (χ0n) is 12.5. The topological polar surface area (TPSA) is 47.8 Å². The van der Waals surface area contributed by atoms with Crippen molar-refractivity contribution >= 4 is 28.9 Å². The van der Waals surface area contributed by atoms with Gasteiger partial charge in [-0.3, -0.25) is 4.79 Å². The number of benzene rings is 1. The molecule has 0 unspecified atom stereocenters. The summed E-state index contributed by atoms with van der Waals surface area (Å²) in [5.74, 6) is -0.522. The highest BCUT2D eigenvalue weighted by Crippen LogP contribution is 2.20. The number of aromatic nitrogens is 1. The highest BCUT2D eigenvalue weighted by molar-refractivity contribution is 6.30. The van der Waals surface area contributed by atoms with E-state index in [0.29, 0.717) is 33.8 Å². The largest absolute Gasteiger partial charge is 0.462 e. The number of ether oxygens (including phenoxy) is 1. The van der Waals surface area contributed by atoms with Gasteiger partial charge in [0.15, 0.2) is 5.78 Å². The van der Waals surface area contributed by atoms with Crippen LogP contribution >= 0.6 is 11.6 Å². The van der Waals surface area contributed by atoms with Crippen molar-refractivity contribution < 1.29 is 14.3 Å². The minimum absolute atomic E-state index is 0.120. The van der Waals surface area contributed by atoms with Gasteiger partial charge in [0.05, 0.1) is 17.7 Å². The van der Waals surface area contributed by atoms with Crippen molar-refractivity contribution in [2.45, 2.75) is 6.92 Å². The molecule has 1 aromatic carbocycles. The number of carbonyl (C=O) groups excluding carboxylic acids is 2. The highest BCUT2D eigenvalue weighted by Gasteiger charge is 2.16. The summed E-state index contributed by atoms with van der Waals surface area (Å²) in [5.41, 5.74) is 2.15. The Morgan fingerprint density at radius 2 is 1.74 bits per heavy atom. The summed E-state index contributed by atoms with van der Waals surface area (Å²) in [6.45, 7) is 2.06. The van der Waals surface area contributed by atoms with Crippen molar-refractivity contribution in [3.05, 3.63) is 76.6 Å². The van der Waals surface area contributed by atoms with Crippen molar-refractivity contribution in [1.82, 2.24) is 4.40 Å². The number of esters is 1. The molecule has 4 nitrogen and oxygen atoms in total. The van der Waals surface area contributed by atoms with Crippen LogP contribution in [0.3, 0.4) is 0 Å². The first-order valence-corrected chi connectivity index (χ1v) is 7.56. The molecule has 0 saturated heterocycles. The van der Waals surface area contributed by atoms with Crippen LogP contribution in [-0.2, 0) is 4.74 Å². The van der Waals surface area contributed by atoms with Gasteiger partial charge in [-0.05, 0) is 49.4 Å². The van der Waals surface area contributed by atoms with Crippen LogP contribution in [-0.4, -0.2) is 22.8 Å². The Bertz CT molecular complexity index is 881. The molecule has 0 aliphatic carbocycles. The third kappa shape index (κ3) is 2.98. The summed E-state index contributed by atoms with van der Waals surface area (Å²) >= 11 is 5.85. The van der Waals surface area contributed by atoms with E-state index in [2.05, 4.69) is 0 Å². The molecule has 3 aromatic rings. The number of nitrogens with zero attached hydrogens (tertiary/aromatic N) is 1. The van der Waals surface area contributed by atoms with Crippen LogP contribution in [0.1, 0.15) is 33.2 Å². The zero-order valence-corrected chi connectivity index (χ0v) is 13.2. The van der Waals surface area contributed by atoms with Crippen molar-refractivity contribution in [3.8, 4) is 0 Å². The Morgan fingerprint density at radius 1 is 1.04 bits per heavy atom. The molecule has 0 saturated carbocycles. The average Bonchev–Trinajstić information content (AvgIpc) is 2.98. The number of carbonyl (C=O) groups is 2. The Labute approximate surface area is 138 Å². The monoisotopic (exact) mass is 327 g/mol. The van der Waals surface area contributed by atoms with E-state index in [9.17, 15) is 9.59 Å². The fourth-order valence-corrected chi connectivity index (χ4v) is 2.51. The number of fused-ring (bicyclic) bond motifs is 1. The van der Waals surface area contributed by atoms with Gasteiger partial charge in [-0.1, -0.05) is 11.6 Å². The summed E-state index contributed by atoms with van der Waals surface area (Å²) in [7, 11) is 0. The van der Waals surface area contributed by atoms with Crippen molar-refractivity contribution in [3.63, 3.8) is 0 Å². The molecular weight excluding hydrogens is 314 g/mol. The molecular formula is C18H14ClNO3. The summed E-state index contributed by atoms with van der Waals surface area (Å²) in [4.78, 5) is 24.5. The van der Waals surface area contributed by atoms with Gasteiger partial charge in [0.25, 0.3) is 0 Å². The highest BCUT2D eigenvalue weighted by atomic mass is 35.5. The quantitative estimate of drug-likeness (QED) is 0.537. The summed E-state index contributed by atoms with van der Waals surface area (Å²) in [6.07, 6.45) is 3.52. The Kier molecular flexibility index (Phi) is 4.17. The van der Waals surface area contributed by atoms with Gasteiger partial charge in [-0.15, -0.1) is 0 Å². The Hall–Kier alpha value is -2.59. The minimum atomic E-state index is -0.402. The molecule has 2 aromatic heterocycles. The number of rotatable bonds is 4. The molecule has 0 amide bonds. The molecule has 5 heteroatoms. The predicted molar refractivity (Wildman–Crippen MR) is 88.2 cm³/mol. The van der Waals surface area contributed by atoms with E-state index in [1.165, 1.54) is 0 Å². The van der Waals surface area contributed by atoms with Gasteiger partial charge < -0.3 is 9.14 Å². The van der Waals surface area contributed by atoms with Crippen molar-refractivity contribution in [1.29, 1.82) is 0 Å². The van der Waals surface area contributed by atoms with Crippen molar-refractivity contribution in [2.24, 2.45) is 0 Å². The van der Waals surface area contributed by atoms with Crippen LogP contribution in [0.15, 0.2) is 54.9 Å². The molecule has 2 heterocycles. The lowest BCUT2D eigenvalue weighted by Gasteiger charge is -2.05. The third-order valence-electron chi connectivity index (χ3n) is 3.53. The van der Waals surface area contributed by atoms with Gasteiger partial charge in [0.2, 0.25) is 0 Å². The van der Waals surface area contributed by atoms with E-state index in [-0.39, 0.29) is 5.78 Å². The molecule has 0 fully saturated rings. The molecule has 0 spiro atoms. The second-order valence-electron chi connectivity index (χ2n) is 4.99. The first-order chi connectivity index (χ1) is 11.1. The second kappa shape index (κ2) is 6.26. The summed E-state index contributed by atoms with van der Waals surface area (Å²) in [6, 6.07) is 11.8. The molecule has 0 aliphatic heterocycles. The molecule has 23 heavy (non-hydrogen) atoms. The maximum Gasteiger partial charge on any atom is 0.338 e. The maximum absolute atomic E-state index is 12.7. The van der Waals surface area contributed by atoms with Crippen LogP contribution in [0.5, 0.6) is 0 Å². The molecule has 0 aliphatic rings. The average molecular weight is 328 g/mol. The lowest BCUT2D eigenvalue weighted by molar-refractivity contribution is 0.0526. The number of ketones is 1. The van der Waals surface area contributed by atoms with Crippen molar-refractivity contribution in [2.75, 3.05) is 6.61 Å². The third-order valence-corrected chi connectivity index (χ3v) is 3.78. The Morgan fingerprint density at radius 3 is 2.43 bits per heavy atom. The smallest absolute Gasteiger partial charge is 0.338 e. The lowest BCUT2D eigenvalue weighted by atomic mass is 10.0. The Balaban J connectivity index is 2.03. The van der Waals surface area contributed by atoms with Crippen LogP contribution in [0.4, 0.5) is 0 Å². The molecule has 0 N–H and O–H groups in total. The van der Waals surface area contributed by atoms with Gasteiger partial charge in [-0.25, -0.2) is 4.79 Å². The molecule has 3 rings (SSSR count). The standard InChI is InChI=1S/C18H14ClNO3/c1-2-23-18(22)13-7-9-20-10-8-15(16(20)11-13)17(21)12-3-5-14(19)6-4-12/h3-11H,2H2,1H3. The number of pyridine rings is 1. The molecule has 0 atom stereocenters.